The van der Waals surface area contributed by atoms with E-state index in [1.165, 1.54) is 28.7 Å². The zero-order valence-corrected chi connectivity index (χ0v) is 17.6. The Morgan fingerprint density at radius 3 is 2.64 bits per heavy atom. The van der Waals surface area contributed by atoms with Gasteiger partial charge < -0.3 is 10.6 Å². The topological polar surface area (TPSA) is 66.9 Å². The van der Waals surface area contributed by atoms with Gasteiger partial charge in [0.1, 0.15) is 0 Å². The molecule has 3 aromatic rings. The Morgan fingerprint density at radius 1 is 1.11 bits per heavy atom. The summed E-state index contributed by atoms with van der Waals surface area (Å²) in [5.41, 5.74) is 3.46. The normalized spacial score (nSPS) is 11.8. The maximum Gasteiger partial charge on any atom is 0.230 e. The second-order valence-electron chi connectivity index (χ2n) is 6.59. The highest BCUT2D eigenvalue weighted by molar-refractivity contribution is 8.01. The number of rotatable bonds is 9. The van der Waals surface area contributed by atoms with Crippen molar-refractivity contribution in [3.05, 3.63) is 65.7 Å². The summed E-state index contributed by atoms with van der Waals surface area (Å²) in [6, 6.07) is 18.5. The Kier molecular flexibility index (Phi) is 7.45. The molecular formula is C21H24N4OS2. The largest absolute Gasteiger partial charge is 0.353 e. The van der Waals surface area contributed by atoms with Crippen molar-refractivity contribution in [3.63, 3.8) is 0 Å². The molecule has 0 bridgehead atoms. The van der Waals surface area contributed by atoms with Crippen LogP contribution in [-0.2, 0) is 11.2 Å². The number of nitrogens with zero attached hydrogens (tertiary/aromatic N) is 2. The average molecular weight is 413 g/mol. The van der Waals surface area contributed by atoms with Gasteiger partial charge in [0, 0.05) is 11.7 Å². The molecule has 5 nitrogen and oxygen atoms in total. The number of benzene rings is 2. The van der Waals surface area contributed by atoms with Crippen LogP contribution in [0.5, 0.6) is 0 Å². The van der Waals surface area contributed by atoms with Crippen LogP contribution in [0.15, 0.2) is 58.9 Å². The maximum absolute atomic E-state index is 12.2. The van der Waals surface area contributed by atoms with Gasteiger partial charge in [0.2, 0.25) is 11.0 Å². The monoisotopic (exact) mass is 412 g/mol. The number of hydrogen-bond donors (Lipinski definition) is 2. The van der Waals surface area contributed by atoms with Gasteiger partial charge >= 0.3 is 0 Å². The molecule has 0 unspecified atom stereocenters. The molecule has 28 heavy (non-hydrogen) atoms. The van der Waals surface area contributed by atoms with Gasteiger partial charge in [-0.2, -0.15) is 0 Å². The van der Waals surface area contributed by atoms with Crippen molar-refractivity contribution < 1.29 is 4.79 Å². The molecule has 0 radical (unpaired) electrons. The molecule has 0 fully saturated rings. The van der Waals surface area contributed by atoms with E-state index in [-0.39, 0.29) is 11.9 Å². The first kappa shape index (κ1) is 20.4. The molecule has 0 aliphatic rings. The van der Waals surface area contributed by atoms with Crippen molar-refractivity contribution in [3.8, 4) is 0 Å². The molecule has 0 aliphatic carbocycles. The van der Waals surface area contributed by atoms with E-state index in [0.717, 1.165) is 33.6 Å². The fourth-order valence-corrected chi connectivity index (χ4v) is 4.27. The van der Waals surface area contributed by atoms with E-state index >= 15 is 0 Å². The number of aromatic nitrogens is 2. The van der Waals surface area contributed by atoms with Crippen molar-refractivity contribution in [1.82, 2.24) is 15.5 Å². The first-order chi connectivity index (χ1) is 13.6. The molecule has 1 aromatic heterocycles. The number of carbonyl (C=O) groups excluding carboxylic acids is 1. The van der Waals surface area contributed by atoms with Crippen molar-refractivity contribution in [2.75, 3.05) is 11.1 Å². The van der Waals surface area contributed by atoms with Crippen LogP contribution in [0.25, 0.3) is 0 Å². The van der Waals surface area contributed by atoms with E-state index < -0.39 is 0 Å². The average Bonchev–Trinajstić information content (AvgIpc) is 3.15. The number of hydrogen-bond acceptors (Lipinski definition) is 6. The summed E-state index contributed by atoms with van der Waals surface area (Å²) >= 11 is 2.87. The lowest BCUT2D eigenvalue weighted by molar-refractivity contribution is -0.119. The van der Waals surface area contributed by atoms with E-state index in [9.17, 15) is 4.79 Å². The van der Waals surface area contributed by atoms with Crippen LogP contribution in [-0.4, -0.2) is 27.9 Å². The Hall–Kier alpha value is -2.38. The van der Waals surface area contributed by atoms with Gasteiger partial charge in [-0.3, -0.25) is 4.79 Å². The van der Waals surface area contributed by atoms with Gasteiger partial charge in [0.25, 0.3) is 0 Å². The second kappa shape index (κ2) is 10.2. The third-order valence-corrected chi connectivity index (χ3v) is 6.21. The number of nitrogens with one attached hydrogen (secondary N) is 2. The van der Waals surface area contributed by atoms with E-state index in [1.54, 1.807) is 0 Å². The highest BCUT2D eigenvalue weighted by Crippen LogP contribution is 2.28. The number of thioether (sulfide) groups is 1. The van der Waals surface area contributed by atoms with Gasteiger partial charge in [-0.1, -0.05) is 71.6 Å². The summed E-state index contributed by atoms with van der Waals surface area (Å²) in [7, 11) is 0. The lowest BCUT2D eigenvalue weighted by Crippen LogP contribution is -2.34. The van der Waals surface area contributed by atoms with Crippen molar-refractivity contribution in [2.45, 2.75) is 37.1 Å². The minimum Gasteiger partial charge on any atom is -0.353 e. The van der Waals surface area contributed by atoms with E-state index in [4.69, 9.17) is 0 Å². The molecule has 0 saturated heterocycles. The number of carbonyl (C=O) groups is 1. The van der Waals surface area contributed by atoms with Crippen LogP contribution in [0.4, 0.5) is 10.8 Å². The van der Waals surface area contributed by atoms with Crippen molar-refractivity contribution in [1.29, 1.82) is 0 Å². The maximum atomic E-state index is 12.2. The molecule has 7 heteroatoms. The summed E-state index contributed by atoms with van der Waals surface area (Å²) in [4.78, 5) is 12.2. The number of para-hydroxylation sites is 1. The molecule has 3 rings (SSSR count). The SMILES string of the molecule is Cc1ccccc1Nc1nnc(SCC(=O)N[C@H](C)CCc2ccccc2)s1. The molecule has 1 atom stereocenters. The summed E-state index contributed by atoms with van der Waals surface area (Å²) in [5, 5.41) is 15.4. The van der Waals surface area contributed by atoms with Gasteiger partial charge in [0.05, 0.1) is 5.75 Å². The molecule has 0 aliphatic heterocycles. The third kappa shape index (κ3) is 6.35. The molecule has 1 heterocycles. The fraction of sp³-hybridized carbons (Fsp3) is 0.286. The van der Waals surface area contributed by atoms with Gasteiger partial charge in [-0.05, 0) is 43.9 Å². The predicted molar refractivity (Wildman–Crippen MR) is 117 cm³/mol. The molecule has 0 saturated carbocycles. The third-order valence-electron chi connectivity index (χ3n) is 4.24. The minimum absolute atomic E-state index is 0.0224. The lowest BCUT2D eigenvalue weighted by Gasteiger charge is -2.13. The highest BCUT2D eigenvalue weighted by atomic mass is 32.2. The fourth-order valence-electron chi connectivity index (χ4n) is 2.69. The molecule has 146 valence electrons. The number of aryl methyl sites for hydroxylation is 2. The molecule has 2 N–H and O–H groups in total. The van der Waals surface area contributed by atoms with E-state index in [0.29, 0.717) is 5.75 Å². The molecule has 0 spiro atoms. The highest BCUT2D eigenvalue weighted by Gasteiger charge is 2.11. The van der Waals surface area contributed by atoms with E-state index in [1.807, 2.05) is 56.3 Å². The molecule has 1 amide bonds. The quantitative estimate of drug-likeness (QED) is 0.493. The Bertz CT molecular complexity index is 898. The Labute approximate surface area is 174 Å². The van der Waals surface area contributed by atoms with Crippen LogP contribution < -0.4 is 10.6 Å². The zero-order valence-electron chi connectivity index (χ0n) is 16.0. The molecule has 2 aromatic carbocycles. The summed E-state index contributed by atoms with van der Waals surface area (Å²) in [5.74, 6) is 0.364. The summed E-state index contributed by atoms with van der Waals surface area (Å²) in [6.45, 7) is 4.09. The predicted octanol–water partition coefficient (Wildman–Crippen LogP) is 4.82. The van der Waals surface area contributed by atoms with Gasteiger partial charge in [-0.15, -0.1) is 10.2 Å². The Balaban J connectivity index is 1.41. The first-order valence-electron chi connectivity index (χ1n) is 9.22. The first-order valence-corrected chi connectivity index (χ1v) is 11.0. The van der Waals surface area contributed by atoms with Crippen molar-refractivity contribution >= 4 is 39.8 Å². The lowest BCUT2D eigenvalue weighted by atomic mass is 10.1. The minimum atomic E-state index is 0.0224. The van der Waals surface area contributed by atoms with Crippen LogP contribution in [0, 0.1) is 6.92 Å². The van der Waals surface area contributed by atoms with E-state index in [2.05, 4.69) is 33.0 Å². The van der Waals surface area contributed by atoms with Crippen LogP contribution in [0.3, 0.4) is 0 Å². The Morgan fingerprint density at radius 2 is 1.86 bits per heavy atom. The number of anilines is 2. The smallest absolute Gasteiger partial charge is 0.230 e. The molecular weight excluding hydrogens is 388 g/mol. The standard InChI is InChI=1S/C21H24N4OS2/c1-15-8-6-7-11-18(15)23-20-24-25-21(28-20)27-14-19(26)22-16(2)12-13-17-9-4-3-5-10-17/h3-11,16H,12-14H2,1-2H3,(H,22,26)(H,23,24)/t16-/m1/s1. The number of amides is 1. The van der Waals surface area contributed by atoms with Crippen LogP contribution in [0.1, 0.15) is 24.5 Å². The summed E-state index contributed by atoms with van der Waals surface area (Å²) in [6.07, 6.45) is 1.88. The van der Waals surface area contributed by atoms with Crippen molar-refractivity contribution in [2.24, 2.45) is 0 Å². The zero-order chi connectivity index (χ0) is 19.8. The summed E-state index contributed by atoms with van der Waals surface area (Å²) < 4.78 is 0.781. The van der Waals surface area contributed by atoms with Gasteiger partial charge in [-0.25, -0.2) is 0 Å². The second-order valence-corrected chi connectivity index (χ2v) is 8.79. The van der Waals surface area contributed by atoms with Crippen LogP contribution in [0.2, 0.25) is 0 Å². The van der Waals surface area contributed by atoms with Crippen LogP contribution >= 0.6 is 23.1 Å². The van der Waals surface area contributed by atoms with Gasteiger partial charge in [0.15, 0.2) is 4.34 Å².